The van der Waals surface area contributed by atoms with Gasteiger partial charge in [0.05, 0.1) is 5.92 Å². The van der Waals surface area contributed by atoms with Gasteiger partial charge in [0.15, 0.2) is 12.4 Å². The molecule has 0 spiro atoms. The number of esters is 1. The van der Waals surface area contributed by atoms with Crippen molar-refractivity contribution in [2.75, 3.05) is 26.7 Å². The molecule has 9 nitrogen and oxygen atoms in total. The molecule has 0 radical (unpaired) electrons. The molecular weight excluding hydrogens is 374 g/mol. The molecule has 1 saturated heterocycles. The Bertz CT molecular complexity index is 774. The molecule has 0 N–H and O–H groups in total. The van der Waals surface area contributed by atoms with Crippen molar-refractivity contribution in [2.45, 2.75) is 51.5 Å². The minimum absolute atomic E-state index is 0.0222. The van der Waals surface area contributed by atoms with Crippen LogP contribution in [-0.2, 0) is 24.3 Å². The molecule has 0 unspecified atom stereocenters. The Morgan fingerprint density at radius 1 is 1.30 bits per heavy atom. The predicted octanol–water partition coefficient (Wildman–Crippen LogP) is 1.10. The van der Waals surface area contributed by atoms with Gasteiger partial charge in [-0.2, -0.15) is 4.31 Å². The lowest BCUT2D eigenvalue weighted by Crippen LogP contribution is -2.41. The molecular formula is C17H27N3O6S. The highest BCUT2D eigenvalue weighted by atomic mass is 32.2. The SMILES string of the molecule is Cc1noc(C)c1S(=O)(=O)N1CCC(C(=O)OCC(=O)N(C)C(C)C)CC1. The molecule has 1 aliphatic heterocycles. The second kappa shape index (κ2) is 8.39. The lowest BCUT2D eigenvalue weighted by molar-refractivity contribution is -0.156. The third-order valence-electron chi connectivity index (χ3n) is 4.86. The normalized spacial score (nSPS) is 16.5. The topological polar surface area (TPSA) is 110 Å². The molecule has 0 atom stereocenters. The molecule has 1 fully saturated rings. The van der Waals surface area contributed by atoms with Gasteiger partial charge in [0.1, 0.15) is 10.6 Å². The van der Waals surface area contributed by atoms with Crippen LogP contribution in [0.25, 0.3) is 0 Å². The van der Waals surface area contributed by atoms with Gasteiger partial charge in [0.25, 0.3) is 5.91 Å². The van der Waals surface area contributed by atoms with Gasteiger partial charge < -0.3 is 14.2 Å². The zero-order valence-electron chi connectivity index (χ0n) is 16.4. The summed E-state index contributed by atoms with van der Waals surface area (Å²) in [6.07, 6.45) is 0.686. The Hall–Kier alpha value is -1.94. The number of amides is 1. The first kappa shape index (κ1) is 21.4. The number of carbonyl (C=O) groups is 2. The summed E-state index contributed by atoms with van der Waals surface area (Å²) in [5.41, 5.74) is 0.321. The van der Waals surface area contributed by atoms with Crippen LogP contribution in [0.4, 0.5) is 0 Å². The quantitative estimate of drug-likeness (QED) is 0.657. The number of rotatable bonds is 6. The number of carbonyl (C=O) groups excluding carboxylic acids is 2. The third kappa shape index (κ3) is 4.67. The summed E-state index contributed by atoms with van der Waals surface area (Å²) in [6.45, 7) is 6.98. The predicted molar refractivity (Wildman–Crippen MR) is 96.3 cm³/mol. The van der Waals surface area contributed by atoms with Gasteiger partial charge in [0.2, 0.25) is 10.0 Å². The first-order chi connectivity index (χ1) is 12.6. The molecule has 152 valence electrons. The summed E-state index contributed by atoms with van der Waals surface area (Å²) in [4.78, 5) is 25.7. The van der Waals surface area contributed by atoms with Crippen molar-refractivity contribution in [3.63, 3.8) is 0 Å². The molecule has 27 heavy (non-hydrogen) atoms. The monoisotopic (exact) mass is 401 g/mol. The summed E-state index contributed by atoms with van der Waals surface area (Å²) >= 11 is 0. The minimum atomic E-state index is -3.71. The standard InChI is InChI=1S/C17H27N3O6S/c1-11(2)19(5)15(21)10-25-17(22)14-6-8-20(9-7-14)27(23,24)16-12(3)18-26-13(16)4/h11,14H,6-10H2,1-5H3. The van der Waals surface area contributed by atoms with Gasteiger partial charge in [-0.3, -0.25) is 9.59 Å². The molecule has 2 heterocycles. The van der Waals surface area contributed by atoms with Crippen LogP contribution in [0, 0.1) is 19.8 Å². The van der Waals surface area contributed by atoms with Crippen LogP contribution in [-0.4, -0.2) is 67.4 Å². The average molecular weight is 401 g/mol. The summed E-state index contributed by atoms with van der Waals surface area (Å²) in [5.74, 6) is -0.897. The van der Waals surface area contributed by atoms with Crippen molar-refractivity contribution in [2.24, 2.45) is 5.92 Å². The minimum Gasteiger partial charge on any atom is -0.455 e. The van der Waals surface area contributed by atoms with Crippen LogP contribution in [0.3, 0.4) is 0 Å². The molecule has 0 saturated carbocycles. The Labute approximate surface area is 159 Å². The van der Waals surface area contributed by atoms with Gasteiger partial charge >= 0.3 is 5.97 Å². The summed E-state index contributed by atoms with van der Waals surface area (Å²) in [6, 6.07) is 0.0222. The van der Waals surface area contributed by atoms with Crippen LogP contribution in [0.5, 0.6) is 0 Å². The van der Waals surface area contributed by atoms with Crippen LogP contribution in [0.1, 0.15) is 38.1 Å². The van der Waals surface area contributed by atoms with E-state index in [-0.39, 0.29) is 42.3 Å². The zero-order valence-corrected chi connectivity index (χ0v) is 17.2. The van der Waals surface area contributed by atoms with Crippen LogP contribution < -0.4 is 0 Å². The number of aryl methyl sites for hydroxylation is 2. The van der Waals surface area contributed by atoms with E-state index in [0.717, 1.165) is 0 Å². The fraction of sp³-hybridized carbons (Fsp3) is 0.706. The first-order valence-electron chi connectivity index (χ1n) is 8.91. The fourth-order valence-electron chi connectivity index (χ4n) is 2.94. The Kier molecular flexibility index (Phi) is 6.63. The molecule has 1 aliphatic rings. The van der Waals surface area contributed by atoms with E-state index >= 15 is 0 Å². The van der Waals surface area contributed by atoms with Gasteiger partial charge in [-0.15, -0.1) is 0 Å². The van der Waals surface area contributed by atoms with Crippen molar-refractivity contribution in [1.29, 1.82) is 0 Å². The van der Waals surface area contributed by atoms with E-state index in [1.165, 1.54) is 9.21 Å². The Morgan fingerprint density at radius 3 is 2.37 bits per heavy atom. The van der Waals surface area contributed by atoms with Crippen molar-refractivity contribution in [3.8, 4) is 0 Å². The van der Waals surface area contributed by atoms with E-state index in [1.807, 2.05) is 13.8 Å². The van der Waals surface area contributed by atoms with E-state index < -0.39 is 21.9 Å². The van der Waals surface area contributed by atoms with E-state index in [0.29, 0.717) is 18.5 Å². The number of likely N-dealkylation sites (N-methyl/N-ethyl adjacent to an activating group) is 1. The zero-order chi connectivity index (χ0) is 20.4. The number of hydrogen-bond acceptors (Lipinski definition) is 7. The number of hydrogen-bond donors (Lipinski definition) is 0. The Morgan fingerprint density at radius 2 is 1.89 bits per heavy atom. The van der Waals surface area contributed by atoms with E-state index in [9.17, 15) is 18.0 Å². The third-order valence-corrected chi connectivity index (χ3v) is 7.00. The molecule has 1 amide bonds. The maximum atomic E-state index is 12.8. The number of sulfonamides is 1. The largest absolute Gasteiger partial charge is 0.455 e. The summed E-state index contributed by atoms with van der Waals surface area (Å²) < 4.78 is 37.0. The van der Waals surface area contributed by atoms with Gasteiger partial charge in [-0.05, 0) is 40.5 Å². The molecule has 1 aromatic heterocycles. The maximum absolute atomic E-state index is 12.8. The van der Waals surface area contributed by atoms with Crippen LogP contribution >= 0.6 is 0 Å². The highest BCUT2D eigenvalue weighted by Crippen LogP contribution is 2.28. The second-order valence-corrected chi connectivity index (χ2v) is 8.91. The molecule has 0 aliphatic carbocycles. The molecule has 2 rings (SSSR count). The number of aromatic nitrogens is 1. The maximum Gasteiger partial charge on any atom is 0.309 e. The van der Waals surface area contributed by atoms with E-state index in [1.54, 1.807) is 20.9 Å². The van der Waals surface area contributed by atoms with E-state index in [4.69, 9.17) is 9.26 Å². The molecule has 0 aromatic carbocycles. The van der Waals surface area contributed by atoms with Gasteiger partial charge in [-0.1, -0.05) is 5.16 Å². The average Bonchev–Trinajstić information content (AvgIpc) is 2.97. The summed E-state index contributed by atoms with van der Waals surface area (Å²) in [5, 5.41) is 3.70. The van der Waals surface area contributed by atoms with Crippen molar-refractivity contribution in [1.82, 2.24) is 14.4 Å². The van der Waals surface area contributed by atoms with Crippen molar-refractivity contribution < 1.29 is 27.3 Å². The van der Waals surface area contributed by atoms with Crippen LogP contribution in [0.2, 0.25) is 0 Å². The highest BCUT2D eigenvalue weighted by Gasteiger charge is 2.36. The van der Waals surface area contributed by atoms with E-state index in [2.05, 4.69) is 5.16 Å². The number of piperidine rings is 1. The Balaban J connectivity index is 1.91. The van der Waals surface area contributed by atoms with Crippen LogP contribution in [0.15, 0.2) is 9.42 Å². The molecule has 1 aromatic rings. The van der Waals surface area contributed by atoms with Gasteiger partial charge in [0, 0.05) is 26.2 Å². The fourth-order valence-corrected chi connectivity index (χ4v) is 4.71. The summed E-state index contributed by atoms with van der Waals surface area (Å²) in [7, 11) is -2.06. The number of ether oxygens (including phenoxy) is 1. The lowest BCUT2D eigenvalue weighted by Gasteiger charge is -2.30. The van der Waals surface area contributed by atoms with Crippen molar-refractivity contribution in [3.05, 3.63) is 11.5 Å². The highest BCUT2D eigenvalue weighted by molar-refractivity contribution is 7.89. The van der Waals surface area contributed by atoms with Gasteiger partial charge in [-0.25, -0.2) is 8.42 Å². The molecule has 0 bridgehead atoms. The lowest BCUT2D eigenvalue weighted by atomic mass is 9.98. The molecule has 10 heteroatoms. The second-order valence-electron chi connectivity index (χ2n) is 7.04. The van der Waals surface area contributed by atoms with Crippen molar-refractivity contribution >= 4 is 21.9 Å². The smallest absolute Gasteiger partial charge is 0.309 e. The first-order valence-corrected chi connectivity index (χ1v) is 10.3. The number of nitrogens with zero attached hydrogens (tertiary/aromatic N) is 3.